The number of carbonyl (C=O) groups is 2. The van der Waals surface area contributed by atoms with Gasteiger partial charge in [0.15, 0.2) is 5.78 Å². The van der Waals surface area contributed by atoms with Crippen LogP contribution < -0.4 is 0 Å². The van der Waals surface area contributed by atoms with Crippen LogP contribution in [0.1, 0.15) is 44.7 Å². The Hall–Kier alpha value is -2.95. The molecule has 0 spiro atoms. The molecule has 0 aromatic heterocycles. The number of carbonyl (C=O) groups excluding carboxylic acids is 2. The number of hydrogen-bond donors (Lipinski definition) is 1. The van der Waals surface area contributed by atoms with Gasteiger partial charge < -0.3 is 10.1 Å². The molecule has 2 aromatic carbocycles. The summed E-state index contributed by atoms with van der Waals surface area (Å²) in [6, 6.07) is 19.7. The summed E-state index contributed by atoms with van der Waals surface area (Å²) in [5, 5.41) is 13.0. The van der Waals surface area contributed by atoms with Crippen molar-refractivity contribution in [1.29, 1.82) is 0 Å². The number of nitrogens with zero attached hydrogens (tertiary/aromatic N) is 2. The van der Waals surface area contributed by atoms with Gasteiger partial charge in [-0.1, -0.05) is 86.6 Å². The Kier molecular flexibility index (Phi) is 4.80. The lowest BCUT2D eigenvalue weighted by atomic mass is 9.64. The minimum Gasteiger partial charge on any atom is -0.411 e. The van der Waals surface area contributed by atoms with Gasteiger partial charge in [-0.15, -0.1) is 0 Å². The predicted octanol–water partition coefficient (Wildman–Crippen LogP) is 4.44. The van der Waals surface area contributed by atoms with Gasteiger partial charge >= 0.3 is 0 Å². The van der Waals surface area contributed by atoms with Crippen molar-refractivity contribution in [3.8, 4) is 0 Å². The van der Waals surface area contributed by atoms with Gasteiger partial charge in [0.2, 0.25) is 5.91 Å². The monoisotopic (exact) mass is 404 g/mol. The average molecular weight is 405 g/mol. The van der Waals surface area contributed by atoms with Crippen molar-refractivity contribution >= 4 is 17.4 Å². The number of rotatable bonds is 5. The number of oxime groups is 1. The molecule has 156 valence electrons. The van der Waals surface area contributed by atoms with Gasteiger partial charge in [-0.3, -0.25) is 9.59 Å². The second kappa shape index (κ2) is 7.08. The number of amides is 1. The third kappa shape index (κ3) is 2.64. The van der Waals surface area contributed by atoms with Crippen molar-refractivity contribution in [3.05, 3.63) is 71.8 Å². The molecule has 2 unspecified atom stereocenters. The normalized spacial score (nSPS) is 28.1. The van der Waals surface area contributed by atoms with Crippen molar-refractivity contribution in [2.45, 2.75) is 46.7 Å². The highest BCUT2D eigenvalue weighted by atomic mass is 16.4. The maximum absolute atomic E-state index is 14.1. The number of fused-ring (bicyclic) bond motifs is 2. The van der Waals surface area contributed by atoms with Gasteiger partial charge in [-0.05, 0) is 29.4 Å². The molecule has 2 bridgehead atoms. The fourth-order valence-corrected chi connectivity index (χ4v) is 5.50. The molecule has 0 aliphatic heterocycles. The first-order chi connectivity index (χ1) is 14.3. The molecule has 4 rings (SSSR count). The van der Waals surface area contributed by atoms with Crippen molar-refractivity contribution in [2.24, 2.45) is 21.4 Å². The zero-order valence-corrected chi connectivity index (χ0v) is 17.8. The van der Waals surface area contributed by atoms with E-state index in [9.17, 15) is 14.8 Å². The predicted molar refractivity (Wildman–Crippen MR) is 115 cm³/mol. The van der Waals surface area contributed by atoms with E-state index in [2.05, 4.69) is 5.16 Å². The Morgan fingerprint density at radius 1 is 0.933 bits per heavy atom. The zero-order valence-electron chi connectivity index (χ0n) is 17.8. The topological polar surface area (TPSA) is 70.0 Å². The highest BCUT2D eigenvalue weighted by Gasteiger charge is 2.77. The molecule has 1 amide bonds. The number of ketones is 1. The average Bonchev–Trinajstić information content (AvgIpc) is 3.02. The zero-order chi connectivity index (χ0) is 21.6. The van der Waals surface area contributed by atoms with Gasteiger partial charge in [0.1, 0.15) is 11.1 Å². The summed E-state index contributed by atoms with van der Waals surface area (Å²) < 4.78 is 0. The summed E-state index contributed by atoms with van der Waals surface area (Å²) >= 11 is 0. The van der Waals surface area contributed by atoms with Crippen molar-refractivity contribution in [3.63, 3.8) is 0 Å². The van der Waals surface area contributed by atoms with E-state index in [-0.39, 0.29) is 17.4 Å². The summed E-state index contributed by atoms with van der Waals surface area (Å²) in [6.07, 6.45) is 1.13. The number of hydrogen-bond acceptors (Lipinski definition) is 4. The van der Waals surface area contributed by atoms with Crippen LogP contribution in [0.15, 0.2) is 65.8 Å². The summed E-state index contributed by atoms with van der Waals surface area (Å²) in [5.74, 6) is -0.493. The molecular weight excluding hydrogens is 376 g/mol. The molecule has 2 aliphatic carbocycles. The minimum absolute atomic E-state index is 0.145. The van der Waals surface area contributed by atoms with Crippen LogP contribution in [0.3, 0.4) is 0 Å². The van der Waals surface area contributed by atoms with E-state index in [1.807, 2.05) is 81.4 Å². The molecule has 0 saturated heterocycles. The second-order valence-electron chi connectivity index (χ2n) is 9.27. The first-order valence-electron chi connectivity index (χ1n) is 10.4. The molecular formula is C25H28N2O3. The van der Waals surface area contributed by atoms with E-state index in [0.717, 1.165) is 11.1 Å². The standard InChI is InChI=1S/C25H28N2O3/c1-23(2)24(3)14-15-25(23,21(28)20(24)26-30)22(29)27(16-18-10-6-4-7-11-18)17-19-12-8-5-9-13-19/h4-13,30H,14-17H2,1-3H3/b26-20+. The first-order valence-corrected chi connectivity index (χ1v) is 10.4. The lowest BCUT2D eigenvalue weighted by molar-refractivity contribution is -0.154. The largest absolute Gasteiger partial charge is 0.411 e. The van der Waals surface area contributed by atoms with Crippen molar-refractivity contribution < 1.29 is 14.8 Å². The number of benzene rings is 2. The summed E-state index contributed by atoms with van der Waals surface area (Å²) in [5.41, 5.74) is -0.281. The molecule has 30 heavy (non-hydrogen) atoms. The van der Waals surface area contributed by atoms with Crippen molar-refractivity contribution in [2.75, 3.05) is 0 Å². The maximum atomic E-state index is 14.1. The lowest BCUT2D eigenvalue weighted by Crippen LogP contribution is -2.51. The van der Waals surface area contributed by atoms with Crippen LogP contribution in [0, 0.1) is 16.2 Å². The van der Waals surface area contributed by atoms with Crippen LogP contribution in [0.4, 0.5) is 0 Å². The highest BCUT2D eigenvalue weighted by molar-refractivity contribution is 6.50. The molecule has 0 radical (unpaired) electrons. The fraction of sp³-hybridized carbons (Fsp3) is 0.400. The van der Waals surface area contributed by atoms with E-state index < -0.39 is 16.2 Å². The Labute approximate surface area is 177 Å². The fourth-order valence-electron chi connectivity index (χ4n) is 5.50. The Bertz CT molecular complexity index is 958. The highest BCUT2D eigenvalue weighted by Crippen LogP contribution is 2.69. The summed E-state index contributed by atoms with van der Waals surface area (Å²) in [7, 11) is 0. The Morgan fingerprint density at radius 3 is 1.87 bits per heavy atom. The Morgan fingerprint density at radius 2 is 1.43 bits per heavy atom. The molecule has 1 N–H and O–H groups in total. The van der Waals surface area contributed by atoms with Crippen LogP contribution >= 0.6 is 0 Å². The van der Waals surface area contributed by atoms with E-state index in [0.29, 0.717) is 25.9 Å². The molecule has 2 fully saturated rings. The quantitative estimate of drug-likeness (QED) is 0.455. The molecule has 5 heteroatoms. The first kappa shape index (κ1) is 20.3. The molecule has 2 atom stereocenters. The molecule has 0 heterocycles. The smallest absolute Gasteiger partial charge is 0.237 e. The van der Waals surface area contributed by atoms with Crippen LogP contribution in [-0.4, -0.2) is 27.5 Å². The van der Waals surface area contributed by atoms with Gasteiger partial charge in [0, 0.05) is 18.5 Å². The van der Waals surface area contributed by atoms with E-state index in [4.69, 9.17) is 0 Å². The Balaban J connectivity index is 1.77. The van der Waals surface area contributed by atoms with Crippen LogP contribution in [0.25, 0.3) is 0 Å². The molecule has 5 nitrogen and oxygen atoms in total. The van der Waals surface area contributed by atoms with Gasteiger partial charge in [0.25, 0.3) is 0 Å². The van der Waals surface area contributed by atoms with E-state index in [1.165, 1.54) is 0 Å². The van der Waals surface area contributed by atoms with Crippen LogP contribution in [0.5, 0.6) is 0 Å². The molecule has 2 saturated carbocycles. The van der Waals surface area contributed by atoms with Crippen LogP contribution in [-0.2, 0) is 22.7 Å². The van der Waals surface area contributed by atoms with Gasteiger partial charge in [-0.2, -0.15) is 0 Å². The van der Waals surface area contributed by atoms with Crippen LogP contribution in [0.2, 0.25) is 0 Å². The number of Topliss-reactive ketones (excluding diaryl/α,β-unsaturated/α-hetero) is 1. The lowest BCUT2D eigenvalue weighted by Gasteiger charge is -2.40. The summed E-state index contributed by atoms with van der Waals surface area (Å²) in [4.78, 5) is 29.4. The summed E-state index contributed by atoms with van der Waals surface area (Å²) in [6.45, 7) is 6.72. The van der Waals surface area contributed by atoms with Gasteiger partial charge in [-0.25, -0.2) is 0 Å². The second-order valence-corrected chi connectivity index (χ2v) is 9.27. The maximum Gasteiger partial charge on any atom is 0.237 e. The third-order valence-electron chi connectivity index (χ3n) is 7.76. The SMILES string of the molecule is CC12CCC(C(=O)N(Cc3ccccc3)Cc3ccccc3)(C(=O)/C1=N\O)C2(C)C. The van der Waals surface area contributed by atoms with Gasteiger partial charge in [0.05, 0.1) is 0 Å². The van der Waals surface area contributed by atoms with E-state index in [1.54, 1.807) is 4.90 Å². The van der Waals surface area contributed by atoms with E-state index >= 15 is 0 Å². The minimum atomic E-state index is -1.20. The molecule has 2 aromatic rings. The molecule has 2 aliphatic rings. The third-order valence-corrected chi connectivity index (χ3v) is 7.76. The van der Waals surface area contributed by atoms with Crippen molar-refractivity contribution in [1.82, 2.24) is 4.90 Å².